The molecule has 0 bridgehead atoms. The molecule has 1 aromatic heterocycles. The normalized spacial score (nSPS) is 28.6. The highest BCUT2D eigenvalue weighted by molar-refractivity contribution is 6.13. The standard InChI is InChI=1S/C10H14BN3O2/c1-14-4-6-7(13-14)3-5(10(15)16-2)9(12)8(6)11/h4-5,8-9H,3,12H2,1-2H3. The highest BCUT2D eigenvalue weighted by atomic mass is 16.5. The number of aryl methyl sites for hydroxylation is 1. The Kier molecular flexibility index (Phi) is 2.76. The zero-order valence-electron chi connectivity index (χ0n) is 9.38. The van der Waals surface area contributed by atoms with Crippen molar-refractivity contribution in [2.24, 2.45) is 18.7 Å². The fourth-order valence-electron chi connectivity index (χ4n) is 2.18. The first-order chi connectivity index (χ1) is 7.54. The van der Waals surface area contributed by atoms with Gasteiger partial charge in [-0.1, -0.05) is 0 Å². The summed E-state index contributed by atoms with van der Waals surface area (Å²) >= 11 is 0. The van der Waals surface area contributed by atoms with E-state index in [1.807, 2.05) is 13.2 Å². The summed E-state index contributed by atoms with van der Waals surface area (Å²) in [6, 6.07) is -0.413. The molecule has 0 saturated heterocycles. The lowest BCUT2D eigenvalue weighted by atomic mass is 9.66. The van der Waals surface area contributed by atoms with E-state index in [-0.39, 0.29) is 11.8 Å². The second-order valence-corrected chi connectivity index (χ2v) is 4.14. The van der Waals surface area contributed by atoms with Crippen molar-refractivity contribution in [2.75, 3.05) is 7.11 Å². The fraction of sp³-hybridized carbons (Fsp3) is 0.600. The maximum Gasteiger partial charge on any atom is 0.310 e. The SMILES string of the molecule is [B]C1c2cn(C)nc2CC(C(=O)OC)C1N. The van der Waals surface area contributed by atoms with Gasteiger partial charge in [0.2, 0.25) is 0 Å². The Morgan fingerprint density at radius 2 is 2.44 bits per heavy atom. The Balaban J connectivity index is 2.34. The van der Waals surface area contributed by atoms with E-state index in [0.29, 0.717) is 6.42 Å². The molecule has 1 aliphatic carbocycles. The van der Waals surface area contributed by atoms with E-state index >= 15 is 0 Å². The summed E-state index contributed by atoms with van der Waals surface area (Å²) in [5.41, 5.74) is 7.73. The molecule has 6 heteroatoms. The quantitative estimate of drug-likeness (QED) is 0.501. The minimum atomic E-state index is -0.413. The smallest absolute Gasteiger partial charge is 0.310 e. The zero-order valence-corrected chi connectivity index (χ0v) is 9.38. The summed E-state index contributed by atoms with van der Waals surface area (Å²) in [4.78, 5) is 11.5. The van der Waals surface area contributed by atoms with Gasteiger partial charge in [0, 0.05) is 25.7 Å². The van der Waals surface area contributed by atoms with Crippen LogP contribution >= 0.6 is 0 Å². The first-order valence-corrected chi connectivity index (χ1v) is 5.16. The van der Waals surface area contributed by atoms with E-state index in [0.717, 1.165) is 11.3 Å². The predicted octanol–water partition coefficient (Wildman–Crippen LogP) is -0.698. The molecule has 3 atom stereocenters. The van der Waals surface area contributed by atoms with E-state index in [9.17, 15) is 4.79 Å². The highest BCUT2D eigenvalue weighted by Gasteiger charge is 2.37. The van der Waals surface area contributed by atoms with E-state index in [4.69, 9.17) is 18.3 Å². The van der Waals surface area contributed by atoms with Crippen LogP contribution in [-0.2, 0) is 23.0 Å². The molecule has 2 rings (SSSR count). The second kappa shape index (κ2) is 3.94. The van der Waals surface area contributed by atoms with Crippen molar-refractivity contribution in [1.82, 2.24) is 9.78 Å². The summed E-state index contributed by atoms with van der Waals surface area (Å²) < 4.78 is 6.41. The maximum absolute atomic E-state index is 11.5. The van der Waals surface area contributed by atoms with Crippen molar-refractivity contribution >= 4 is 13.8 Å². The van der Waals surface area contributed by atoms with Crippen molar-refractivity contribution < 1.29 is 9.53 Å². The topological polar surface area (TPSA) is 70.1 Å². The summed E-state index contributed by atoms with van der Waals surface area (Å²) in [6.07, 6.45) is 2.35. The first kappa shape index (κ1) is 11.2. The molecule has 84 valence electrons. The Morgan fingerprint density at radius 1 is 1.75 bits per heavy atom. The second-order valence-electron chi connectivity index (χ2n) is 4.14. The molecule has 5 nitrogen and oxygen atoms in total. The highest BCUT2D eigenvalue weighted by Crippen LogP contribution is 2.31. The average molecular weight is 219 g/mol. The number of fused-ring (bicyclic) bond motifs is 1. The predicted molar refractivity (Wildman–Crippen MR) is 58.9 cm³/mol. The molecule has 1 aliphatic rings. The third-order valence-electron chi connectivity index (χ3n) is 3.09. The van der Waals surface area contributed by atoms with Crippen LogP contribution in [0.15, 0.2) is 6.20 Å². The average Bonchev–Trinajstić information content (AvgIpc) is 2.63. The molecule has 1 aromatic rings. The van der Waals surface area contributed by atoms with Gasteiger partial charge < -0.3 is 10.5 Å². The molecule has 2 N–H and O–H groups in total. The van der Waals surface area contributed by atoms with Crippen LogP contribution in [0.1, 0.15) is 17.1 Å². The lowest BCUT2D eigenvalue weighted by Crippen LogP contribution is -2.45. The number of hydrogen-bond donors (Lipinski definition) is 1. The Morgan fingerprint density at radius 3 is 3.06 bits per heavy atom. The van der Waals surface area contributed by atoms with Crippen LogP contribution in [0.2, 0.25) is 0 Å². The summed E-state index contributed by atoms with van der Waals surface area (Å²) in [5.74, 6) is -1.08. The number of hydrogen-bond acceptors (Lipinski definition) is 4. The molecule has 1 heterocycles. The van der Waals surface area contributed by atoms with Crippen molar-refractivity contribution in [2.45, 2.75) is 18.3 Å². The first-order valence-electron chi connectivity index (χ1n) is 5.16. The van der Waals surface area contributed by atoms with Crippen molar-refractivity contribution in [3.05, 3.63) is 17.5 Å². The van der Waals surface area contributed by atoms with Gasteiger partial charge in [-0.2, -0.15) is 5.10 Å². The monoisotopic (exact) mass is 219 g/mol. The van der Waals surface area contributed by atoms with Crippen LogP contribution in [0.5, 0.6) is 0 Å². The van der Waals surface area contributed by atoms with Gasteiger partial charge in [0.1, 0.15) is 0 Å². The van der Waals surface area contributed by atoms with Crippen molar-refractivity contribution in [3.63, 3.8) is 0 Å². The van der Waals surface area contributed by atoms with E-state index < -0.39 is 12.0 Å². The minimum Gasteiger partial charge on any atom is -0.469 e. The number of rotatable bonds is 1. The summed E-state index contributed by atoms with van der Waals surface area (Å²) in [6.45, 7) is 0. The van der Waals surface area contributed by atoms with Crippen LogP contribution in [0.4, 0.5) is 0 Å². The van der Waals surface area contributed by atoms with Gasteiger partial charge in [-0.15, -0.1) is 0 Å². The molecular formula is C10H14BN3O2. The van der Waals surface area contributed by atoms with Crippen LogP contribution in [-0.4, -0.2) is 36.7 Å². The number of aromatic nitrogens is 2. The Labute approximate surface area is 95.4 Å². The van der Waals surface area contributed by atoms with Gasteiger partial charge in [0.15, 0.2) is 0 Å². The third-order valence-corrected chi connectivity index (χ3v) is 3.09. The van der Waals surface area contributed by atoms with Crippen LogP contribution in [0, 0.1) is 5.92 Å². The third kappa shape index (κ3) is 1.63. The molecule has 0 aromatic carbocycles. The molecular weight excluding hydrogens is 205 g/mol. The molecule has 16 heavy (non-hydrogen) atoms. The Hall–Kier alpha value is -1.30. The number of methoxy groups -OCH3 is 1. The number of nitrogens with two attached hydrogens (primary N) is 1. The molecule has 2 radical (unpaired) electrons. The van der Waals surface area contributed by atoms with Crippen LogP contribution in [0.3, 0.4) is 0 Å². The molecule has 0 aliphatic heterocycles. The number of nitrogens with zero attached hydrogens (tertiary/aromatic N) is 2. The van der Waals surface area contributed by atoms with Gasteiger partial charge in [-0.05, 0) is 11.4 Å². The van der Waals surface area contributed by atoms with Gasteiger partial charge in [-0.3, -0.25) is 9.48 Å². The van der Waals surface area contributed by atoms with E-state index in [2.05, 4.69) is 5.10 Å². The number of carbonyl (C=O) groups is 1. The Bertz CT molecular complexity index is 418. The summed E-state index contributed by atoms with van der Waals surface area (Å²) in [5, 5.41) is 4.28. The maximum atomic E-state index is 11.5. The van der Waals surface area contributed by atoms with E-state index in [1.165, 1.54) is 7.11 Å². The van der Waals surface area contributed by atoms with E-state index in [1.54, 1.807) is 4.68 Å². The number of carbonyl (C=O) groups excluding carboxylic acids is 1. The molecule has 0 spiro atoms. The largest absolute Gasteiger partial charge is 0.469 e. The van der Waals surface area contributed by atoms with Crippen molar-refractivity contribution in [1.29, 1.82) is 0 Å². The lowest BCUT2D eigenvalue weighted by molar-refractivity contribution is -0.146. The molecule has 0 saturated carbocycles. The fourth-order valence-corrected chi connectivity index (χ4v) is 2.18. The van der Waals surface area contributed by atoms with Gasteiger partial charge in [-0.25, -0.2) is 0 Å². The van der Waals surface area contributed by atoms with Gasteiger partial charge in [0.25, 0.3) is 0 Å². The van der Waals surface area contributed by atoms with Crippen LogP contribution in [0.25, 0.3) is 0 Å². The summed E-state index contributed by atoms with van der Waals surface area (Å²) in [7, 11) is 9.18. The molecule has 3 unspecified atom stereocenters. The van der Waals surface area contributed by atoms with Gasteiger partial charge >= 0.3 is 5.97 Å². The number of esters is 1. The molecule has 0 fully saturated rings. The zero-order chi connectivity index (χ0) is 11.9. The lowest BCUT2D eigenvalue weighted by Gasteiger charge is -2.31. The van der Waals surface area contributed by atoms with Crippen LogP contribution < -0.4 is 5.73 Å². The molecule has 0 amide bonds. The van der Waals surface area contributed by atoms with Crippen molar-refractivity contribution in [3.8, 4) is 0 Å². The number of ether oxygens (including phenoxy) is 1. The van der Waals surface area contributed by atoms with Gasteiger partial charge in [0.05, 0.1) is 26.6 Å². The minimum absolute atomic E-state index is 0.320.